The number of nitrogens with one attached hydrogen (secondary N) is 2. The van der Waals surface area contributed by atoms with Crippen molar-refractivity contribution < 1.29 is 24.2 Å². The number of hydrogen-bond acceptors (Lipinski definition) is 4. The lowest BCUT2D eigenvalue weighted by atomic mass is 9.88. The van der Waals surface area contributed by atoms with Crippen molar-refractivity contribution in [1.82, 2.24) is 10.6 Å². The highest BCUT2D eigenvalue weighted by Crippen LogP contribution is 2.44. The molecule has 182 valence electrons. The Bertz CT molecular complexity index is 1000. The van der Waals surface area contributed by atoms with E-state index in [1.165, 1.54) is 0 Å². The third kappa shape index (κ3) is 5.95. The Morgan fingerprint density at radius 2 is 1.59 bits per heavy atom. The SMILES string of the molecule is CCC(C)C(NC(=O)CC(C)(C)CNC(=O)OCC1c2ccccc2-c2ccccc21)C(=O)O. The predicted molar refractivity (Wildman–Crippen MR) is 130 cm³/mol. The Kier molecular flexibility index (Phi) is 7.97. The highest BCUT2D eigenvalue weighted by atomic mass is 16.5. The van der Waals surface area contributed by atoms with E-state index >= 15 is 0 Å². The van der Waals surface area contributed by atoms with Gasteiger partial charge in [0.1, 0.15) is 12.6 Å². The van der Waals surface area contributed by atoms with Crippen molar-refractivity contribution in [2.45, 2.75) is 52.5 Å². The van der Waals surface area contributed by atoms with Crippen LogP contribution in [0.5, 0.6) is 0 Å². The molecule has 2 amide bonds. The van der Waals surface area contributed by atoms with Gasteiger partial charge in [0.05, 0.1) is 0 Å². The quantitative estimate of drug-likeness (QED) is 0.476. The molecule has 1 aliphatic carbocycles. The van der Waals surface area contributed by atoms with Crippen molar-refractivity contribution in [1.29, 1.82) is 0 Å². The number of rotatable bonds is 10. The lowest BCUT2D eigenvalue weighted by Crippen LogP contribution is -2.47. The molecule has 2 aromatic carbocycles. The average molecular weight is 467 g/mol. The Hall–Kier alpha value is -3.35. The normalized spacial score (nSPS) is 14.5. The molecule has 2 aromatic rings. The van der Waals surface area contributed by atoms with Crippen LogP contribution in [-0.4, -0.2) is 42.3 Å². The number of ether oxygens (including phenoxy) is 1. The molecule has 0 radical (unpaired) electrons. The second-order valence-electron chi connectivity index (χ2n) is 9.79. The number of amides is 2. The van der Waals surface area contributed by atoms with E-state index in [1.807, 2.05) is 45.0 Å². The van der Waals surface area contributed by atoms with Gasteiger partial charge in [0, 0.05) is 18.9 Å². The summed E-state index contributed by atoms with van der Waals surface area (Å²) >= 11 is 0. The van der Waals surface area contributed by atoms with Crippen molar-refractivity contribution in [3.8, 4) is 11.1 Å². The summed E-state index contributed by atoms with van der Waals surface area (Å²) < 4.78 is 5.55. The van der Waals surface area contributed by atoms with Gasteiger partial charge in [-0.2, -0.15) is 0 Å². The molecule has 0 aliphatic heterocycles. The first-order valence-electron chi connectivity index (χ1n) is 11.7. The fourth-order valence-electron chi connectivity index (χ4n) is 4.37. The molecule has 0 saturated heterocycles. The van der Waals surface area contributed by atoms with E-state index in [0.29, 0.717) is 6.42 Å². The van der Waals surface area contributed by atoms with Crippen LogP contribution in [0.2, 0.25) is 0 Å². The molecule has 0 heterocycles. The van der Waals surface area contributed by atoms with Crippen LogP contribution in [0.4, 0.5) is 4.79 Å². The summed E-state index contributed by atoms with van der Waals surface area (Å²) in [6.45, 7) is 7.80. The minimum absolute atomic E-state index is 0.0227. The summed E-state index contributed by atoms with van der Waals surface area (Å²) in [5, 5.41) is 14.7. The summed E-state index contributed by atoms with van der Waals surface area (Å²) in [4.78, 5) is 36.4. The second kappa shape index (κ2) is 10.7. The number of alkyl carbamates (subject to hydrolysis) is 1. The molecule has 3 N–H and O–H groups in total. The maximum atomic E-state index is 12.5. The van der Waals surface area contributed by atoms with E-state index < -0.39 is 23.5 Å². The lowest BCUT2D eigenvalue weighted by molar-refractivity contribution is -0.143. The van der Waals surface area contributed by atoms with Gasteiger partial charge in [0.25, 0.3) is 0 Å². The van der Waals surface area contributed by atoms with Crippen LogP contribution in [0.3, 0.4) is 0 Å². The predicted octanol–water partition coefficient (Wildman–Crippen LogP) is 4.56. The van der Waals surface area contributed by atoms with Crippen molar-refractivity contribution in [2.75, 3.05) is 13.2 Å². The van der Waals surface area contributed by atoms with Crippen LogP contribution in [0.25, 0.3) is 11.1 Å². The van der Waals surface area contributed by atoms with Crippen molar-refractivity contribution >= 4 is 18.0 Å². The van der Waals surface area contributed by atoms with E-state index in [1.54, 1.807) is 6.92 Å². The molecule has 0 saturated carbocycles. The smallest absolute Gasteiger partial charge is 0.407 e. The van der Waals surface area contributed by atoms with E-state index in [0.717, 1.165) is 22.3 Å². The first kappa shape index (κ1) is 25.3. The van der Waals surface area contributed by atoms with E-state index in [-0.39, 0.29) is 37.3 Å². The van der Waals surface area contributed by atoms with E-state index in [9.17, 15) is 19.5 Å². The molecule has 0 aromatic heterocycles. The minimum Gasteiger partial charge on any atom is -0.480 e. The van der Waals surface area contributed by atoms with Gasteiger partial charge in [0.2, 0.25) is 5.91 Å². The van der Waals surface area contributed by atoms with Crippen molar-refractivity contribution in [3.05, 3.63) is 59.7 Å². The number of carbonyl (C=O) groups excluding carboxylic acids is 2. The topological polar surface area (TPSA) is 105 Å². The molecular weight excluding hydrogens is 432 g/mol. The Morgan fingerprint density at radius 3 is 2.12 bits per heavy atom. The van der Waals surface area contributed by atoms with Gasteiger partial charge in [-0.25, -0.2) is 9.59 Å². The zero-order valence-electron chi connectivity index (χ0n) is 20.3. The van der Waals surface area contributed by atoms with Gasteiger partial charge in [-0.1, -0.05) is 82.6 Å². The van der Waals surface area contributed by atoms with Gasteiger partial charge >= 0.3 is 12.1 Å². The van der Waals surface area contributed by atoms with Gasteiger partial charge in [0.15, 0.2) is 0 Å². The summed E-state index contributed by atoms with van der Waals surface area (Å²) in [5.74, 6) is -1.60. The zero-order valence-corrected chi connectivity index (χ0v) is 20.3. The molecule has 7 nitrogen and oxygen atoms in total. The number of benzene rings is 2. The van der Waals surface area contributed by atoms with Crippen LogP contribution in [-0.2, 0) is 14.3 Å². The number of carboxylic acids is 1. The fraction of sp³-hybridized carbons (Fsp3) is 0.444. The average Bonchev–Trinajstić information content (AvgIpc) is 3.12. The number of fused-ring (bicyclic) bond motifs is 3. The molecule has 0 spiro atoms. The van der Waals surface area contributed by atoms with Gasteiger partial charge in [-0.3, -0.25) is 4.79 Å². The summed E-state index contributed by atoms with van der Waals surface area (Å²) in [7, 11) is 0. The van der Waals surface area contributed by atoms with Gasteiger partial charge in [-0.05, 0) is 33.6 Å². The molecule has 1 aliphatic rings. The van der Waals surface area contributed by atoms with Crippen LogP contribution < -0.4 is 10.6 Å². The number of hydrogen-bond donors (Lipinski definition) is 3. The molecule has 0 fully saturated rings. The monoisotopic (exact) mass is 466 g/mol. The fourth-order valence-corrected chi connectivity index (χ4v) is 4.37. The highest BCUT2D eigenvalue weighted by Gasteiger charge is 2.31. The summed E-state index contributed by atoms with van der Waals surface area (Å²) in [5.41, 5.74) is 4.03. The largest absolute Gasteiger partial charge is 0.480 e. The van der Waals surface area contributed by atoms with E-state index in [2.05, 4.69) is 34.9 Å². The van der Waals surface area contributed by atoms with E-state index in [4.69, 9.17) is 4.74 Å². The lowest BCUT2D eigenvalue weighted by Gasteiger charge is -2.26. The third-order valence-corrected chi connectivity index (χ3v) is 6.49. The minimum atomic E-state index is -1.04. The number of carboxylic acid groups (broad SMARTS) is 1. The molecular formula is C27H34N2O5. The van der Waals surface area contributed by atoms with Gasteiger partial charge in [-0.15, -0.1) is 0 Å². The molecule has 34 heavy (non-hydrogen) atoms. The number of aliphatic carboxylic acids is 1. The summed E-state index contributed by atoms with van der Waals surface area (Å²) in [6.07, 6.45) is 0.180. The highest BCUT2D eigenvalue weighted by molar-refractivity contribution is 5.84. The summed E-state index contributed by atoms with van der Waals surface area (Å²) in [6, 6.07) is 15.3. The second-order valence-corrected chi connectivity index (χ2v) is 9.79. The zero-order chi connectivity index (χ0) is 24.9. The maximum absolute atomic E-state index is 12.5. The molecule has 2 atom stereocenters. The van der Waals surface area contributed by atoms with Crippen LogP contribution in [0.15, 0.2) is 48.5 Å². The first-order valence-corrected chi connectivity index (χ1v) is 11.7. The molecule has 0 bridgehead atoms. The van der Waals surface area contributed by atoms with Crippen molar-refractivity contribution in [2.24, 2.45) is 11.3 Å². The molecule has 2 unspecified atom stereocenters. The van der Waals surface area contributed by atoms with Gasteiger partial charge < -0.3 is 20.5 Å². The maximum Gasteiger partial charge on any atom is 0.407 e. The Balaban J connectivity index is 1.52. The molecule has 7 heteroatoms. The standard InChI is InChI=1S/C27H34N2O5/c1-5-17(2)24(25(31)32)29-23(30)14-27(3,4)16-28-26(33)34-15-22-20-12-8-6-10-18(20)19-11-7-9-13-21(19)22/h6-13,17,22,24H,5,14-16H2,1-4H3,(H,28,33)(H,29,30)(H,31,32). The molecule has 3 rings (SSSR count). The van der Waals surface area contributed by atoms with Crippen LogP contribution in [0, 0.1) is 11.3 Å². The Labute approximate surface area is 200 Å². The van der Waals surface area contributed by atoms with Crippen LogP contribution in [0.1, 0.15) is 57.6 Å². The third-order valence-electron chi connectivity index (χ3n) is 6.49. The number of carbonyl (C=O) groups is 3. The Morgan fingerprint density at radius 1 is 1.03 bits per heavy atom. The first-order chi connectivity index (χ1) is 16.1. The van der Waals surface area contributed by atoms with Crippen molar-refractivity contribution in [3.63, 3.8) is 0 Å². The van der Waals surface area contributed by atoms with Crippen LogP contribution >= 0.6 is 0 Å².